The highest BCUT2D eigenvalue weighted by atomic mass is 16.2. The van der Waals surface area contributed by atoms with Gasteiger partial charge in [-0.05, 0) is 52.7 Å². The first-order valence-corrected chi connectivity index (χ1v) is 7.07. The summed E-state index contributed by atoms with van der Waals surface area (Å²) in [6.45, 7) is 12.4. The molecule has 3 nitrogen and oxygen atoms in total. The molecule has 0 aliphatic rings. The van der Waals surface area contributed by atoms with Crippen molar-refractivity contribution in [3.05, 3.63) is 34.9 Å². The zero-order valence-corrected chi connectivity index (χ0v) is 13.9. The Labute approximate surface area is 123 Å². The van der Waals surface area contributed by atoms with Gasteiger partial charge < -0.3 is 10.6 Å². The lowest BCUT2D eigenvalue weighted by molar-refractivity contribution is -0.142. The molecule has 20 heavy (non-hydrogen) atoms. The number of benzene rings is 1. The average Bonchev–Trinajstić information content (AvgIpc) is 2.30. The molecule has 0 spiro atoms. The van der Waals surface area contributed by atoms with E-state index in [2.05, 4.69) is 32.0 Å². The second-order valence-electron chi connectivity index (χ2n) is 6.94. The molecule has 0 bridgehead atoms. The molecule has 0 aliphatic carbocycles. The minimum Gasteiger partial charge on any atom is -0.341 e. The lowest BCUT2D eigenvalue weighted by atomic mass is 9.74. The zero-order chi connectivity index (χ0) is 15.7. The highest BCUT2D eigenvalue weighted by Gasteiger charge is 2.41. The zero-order valence-electron chi connectivity index (χ0n) is 13.9. The summed E-state index contributed by atoms with van der Waals surface area (Å²) in [7, 11) is 1.84. The predicted octanol–water partition coefficient (Wildman–Crippen LogP) is 3.03. The van der Waals surface area contributed by atoms with Crippen molar-refractivity contribution in [2.75, 3.05) is 7.05 Å². The van der Waals surface area contributed by atoms with Crippen LogP contribution < -0.4 is 5.73 Å². The SMILES string of the molecule is Cc1ccc(CN(C)C(=O)C(C)(C)C(C)(C)N)c(C)c1. The quantitative estimate of drug-likeness (QED) is 0.919. The van der Waals surface area contributed by atoms with Crippen molar-refractivity contribution in [1.29, 1.82) is 0 Å². The van der Waals surface area contributed by atoms with Crippen LogP contribution in [0.5, 0.6) is 0 Å². The van der Waals surface area contributed by atoms with Gasteiger partial charge >= 0.3 is 0 Å². The molecule has 1 rings (SSSR count). The molecule has 0 unspecified atom stereocenters. The lowest BCUT2D eigenvalue weighted by Crippen LogP contribution is -2.55. The van der Waals surface area contributed by atoms with Gasteiger partial charge in [0.25, 0.3) is 0 Å². The minimum absolute atomic E-state index is 0.0741. The molecule has 1 amide bonds. The van der Waals surface area contributed by atoms with Gasteiger partial charge in [0.2, 0.25) is 5.91 Å². The standard InChI is InChI=1S/C17H28N2O/c1-12-8-9-14(13(2)10-12)11-19(7)15(20)16(3,4)17(5,6)18/h8-10H,11,18H2,1-7H3. The Morgan fingerprint density at radius 2 is 1.75 bits per heavy atom. The maximum atomic E-state index is 12.6. The van der Waals surface area contributed by atoms with Gasteiger partial charge in [-0.15, -0.1) is 0 Å². The molecule has 0 heterocycles. The van der Waals surface area contributed by atoms with Crippen LogP contribution in [0.4, 0.5) is 0 Å². The molecule has 1 aromatic rings. The van der Waals surface area contributed by atoms with Crippen LogP contribution in [0.2, 0.25) is 0 Å². The van der Waals surface area contributed by atoms with Crippen molar-refractivity contribution in [1.82, 2.24) is 4.90 Å². The summed E-state index contributed by atoms with van der Waals surface area (Å²) in [5.74, 6) is 0.0741. The van der Waals surface area contributed by atoms with Crippen LogP contribution in [0.25, 0.3) is 0 Å². The smallest absolute Gasteiger partial charge is 0.230 e. The molecule has 3 heteroatoms. The number of nitrogens with zero attached hydrogens (tertiary/aromatic N) is 1. The molecular weight excluding hydrogens is 248 g/mol. The summed E-state index contributed by atoms with van der Waals surface area (Å²) in [4.78, 5) is 14.4. The van der Waals surface area contributed by atoms with Crippen LogP contribution in [0.1, 0.15) is 44.4 Å². The fourth-order valence-electron chi connectivity index (χ4n) is 2.10. The molecule has 0 aliphatic heterocycles. The Morgan fingerprint density at radius 3 is 2.20 bits per heavy atom. The number of hydrogen-bond donors (Lipinski definition) is 1. The molecule has 0 atom stereocenters. The Balaban J connectivity index is 2.91. The summed E-state index contributed by atoms with van der Waals surface area (Å²) in [5, 5.41) is 0. The highest BCUT2D eigenvalue weighted by molar-refractivity contribution is 5.83. The number of nitrogens with two attached hydrogens (primary N) is 1. The van der Waals surface area contributed by atoms with Crippen molar-refractivity contribution < 1.29 is 4.79 Å². The maximum absolute atomic E-state index is 12.6. The van der Waals surface area contributed by atoms with Crippen LogP contribution in [0.15, 0.2) is 18.2 Å². The molecule has 0 fully saturated rings. The topological polar surface area (TPSA) is 46.3 Å². The van der Waals surface area contributed by atoms with Gasteiger partial charge in [-0.25, -0.2) is 0 Å². The second-order valence-corrected chi connectivity index (χ2v) is 6.94. The number of carbonyl (C=O) groups is 1. The number of carbonyl (C=O) groups excluding carboxylic acids is 1. The Hall–Kier alpha value is -1.35. The molecule has 1 aromatic carbocycles. The molecule has 2 N–H and O–H groups in total. The third-order valence-corrected chi connectivity index (χ3v) is 4.40. The molecule has 112 valence electrons. The first kappa shape index (κ1) is 16.7. The van der Waals surface area contributed by atoms with Crippen LogP contribution in [0, 0.1) is 19.3 Å². The third-order valence-electron chi connectivity index (χ3n) is 4.40. The molecular formula is C17H28N2O. The van der Waals surface area contributed by atoms with Crippen molar-refractivity contribution in [2.45, 2.75) is 53.6 Å². The fourth-order valence-corrected chi connectivity index (χ4v) is 2.10. The van der Waals surface area contributed by atoms with E-state index in [4.69, 9.17) is 5.73 Å². The largest absolute Gasteiger partial charge is 0.341 e. The van der Waals surface area contributed by atoms with Gasteiger partial charge in [-0.3, -0.25) is 4.79 Å². The molecule has 0 radical (unpaired) electrons. The van der Waals surface area contributed by atoms with Crippen LogP contribution in [-0.2, 0) is 11.3 Å². The number of rotatable bonds is 4. The van der Waals surface area contributed by atoms with Gasteiger partial charge in [0.15, 0.2) is 0 Å². The second kappa shape index (κ2) is 5.57. The van der Waals surface area contributed by atoms with E-state index in [1.54, 1.807) is 4.90 Å². The summed E-state index contributed by atoms with van der Waals surface area (Å²) in [6.07, 6.45) is 0. The average molecular weight is 276 g/mol. The van der Waals surface area contributed by atoms with Crippen molar-refractivity contribution in [3.63, 3.8) is 0 Å². The third kappa shape index (κ3) is 3.40. The van der Waals surface area contributed by atoms with Gasteiger partial charge in [0.1, 0.15) is 0 Å². The van der Waals surface area contributed by atoms with Crippen molar-refractivity contribution in [2.24, 2.45) is 11.1 Å². The fraction of sp³-hybridized carbons (Fsp3) is 0.588. The van der Waals surface area contributed by atoms with Gasteiger partial charge in [0, 0.05) is 19.1 Å². The van der Waals surface area contributed by atoms with E-state index in [1.165, 1.54) is 16.7 Å². The molecule has 0 saturated heterocycles. The first-order chi connectivity index (χ1) is 8.96. The van der Waals surface area contributed by atoms with Crippen LogP contribution in [-0.4, -0.2) is 23.4 Å². The van der Waals surface area contributed by atoms with Crippen molar-refractivity contribution in [3.8, 4) is 0 Å². The van der Waals surface area contributed by atoms with E-state index < -0.39 is 11.0 Å². The number of hydrogen-bond acceptors (Lipinski definition) is 2. The Morgan fingerprint density at radius 1 is 1.20 bits per heavy atom. The number of amides is 1. The predicted molar refractivity (Wildman–Crippen MR) is 84.4 cm³/mol. The van der Waals surface area contributed by atoms with Crippen LogP contribution in [0.3, 0.4) is 0 Å². The van der Waals surface area contributed by atoms with Crippen LogP contribution >= 0.6 is 0 Å². The monoisotopic (exact) mass is 276 g/mol. The molecule has 0 saturated carbocycles. The first-order valence-electron chi connectivity index (χ1n) is 7.07. The van der Waals surface area contributed by atoms with E-state index in [9.17, 15) is 4.79 Å². The van der Waals surface area contributed by atoms with E-state index in [0.717, 1.165) is 0 Å². The Bertz CT molecular complexity index is 498. The Kier molecular flexibility index (Phi) is 4.65. The van der Waals surface area contributed by atoms with Crippen molar-refractivity contribution >= 4 is 5.91 Å². The van der Waals surface area contributed by atoms with E-state index in [1.807, 2.05) is 34.7 Å². The van der Waals surface area contributed by atoms with Gasteiger partial charge in [-0.2, -0.15) is 0 Å². The maximum Gasteiger partial charge on any atom is 0.230 e. The lowest BCUT2D eigenvalue weighted by Gasteiger charge is -2.39. The van der Waals surface area contributed by atoms with Gasteiger partial charge in [-0.1, -0.05) is 23.8 Å². The summed E-state index contributed by atoms with van der Waals surface area (Å²) in [5.41, 5.74) is 8.63. The number of aryl methyl sites for hydroxylation is 2. The van der Waals surface area contributed by atoms with E-state index in [0.29, 0.717) is 6.54 Å². The van der Waals surface area contributed by atoms with E-state index >= 15 is 0 Å². The minimum atomic E-state index is -0.597. The summed E-state index contributed by atoms with van der Waals surface area (Å²) < 4.78 is 0. The van der Waals surface area contributed by atoms with E-state index in [-0.39, 0.29) is 5.91 Å². The highest BCUT2D eigenvalue weighted by Crippen LogP contribution is 2.30. The summed E-state index contributed by atoms with van der Waals surface area (Å²) in [6, 6.07) is 6.32. The van der Waals surface area contributed by atoms with Gasteiger partial charge in [0.05, 0.1) is 5.41 Å². The normalized spacial score (nSPS) is 12.4. The summed E-state index contributed by atoms with van der Waals surface area (Å²) >= 11 is 0. The molecule has 0 aromatic heterocycles.